The fourth-order valence-electron chi connectivity index (χ4n) is 5.95. The summed E-state index contributed by atoms with van der Waals surface area (Å²) >= 11 is 0. The van der Waals surface area contributed by atoms with Gasteiger partial charge in [0.05, 0.1) is 12.1 Å². The van der Waals surface area contributed by atoms with Gasteiger partial charge in [0.15, 0.2) is 5.96 Å². The molecule has 0 unspecified atom stereocenters. The van der Waals surface area contributed by atoms with Crippen molar-refractivity contribution < 1.29 is 10.2 Å². The Morgan fingerprint density at radius 2 is 1.55 bits per heavy atom. The summed E-state index contributed by atoms with van der Waals surface area (Å²) in [7, 11) is 0. The molecule has 4 rings (SSSR count). The van der Waals surface area contributed by atoms with Crippen molar-refractivity contribution in [1.29, 1.82) is 0 Å². The van der Waals surface area contributed by atoms with Gasteiger partial charge in [-0.2, -0.15) is 0 Å². The summed E-state index contributed by atoms with van der Waals surface area (Å²) in [6.07, 6.45) is 7.63. The topological polar surface area (TPSA) is 84.0 Å². The van der Waals surface area contributed by atoms with Gasteiger partial charge in [0, 0.05) is 61.8 Å². The number of nitrogens with zero attached hydrogens (tertiary/aromatic N) is 5. The lowest BCUT2D eigenvalue weighted by Crippen LogP contribution is -2.52. The summed E-state index contributed by atoms with van der Waals surface area (Å²) in [5.41, 5.74) is 4.93. The van der Waals surface area contributed by atoms with E-state index in [1.165, 1.54) is 17.9 Å². The molecule has 0 amide bonds. The molecule has 7 heteroatoms. The Morgan fingerprint density at radius 3 is 2.25 bits per heavy atom. The fraction of sp³-hybridized carbons (Fsp3) is 0.595. The fourth-order valence-corrected chi connectivity index (χ4v) is 5.95. The van der Waals surface area contributed by atoms with Crippen LogP contribution in [-0.2, 0) is 17.3 Å². The number of rotatable bonds is 9. The maximum absolute atomic E-state index is 11.4. The Bertz CT molecular complexity index is 1410. The molecule has 2 aliphatic rings. The van der Waals surface area contributed by atoms with Gasteiger partial charge < -0.3 is 20.0 Å². The number of aliphatic imine (C=N–C) groups is 3. The quantitative estimate of drug-likeness (QED) is 0.303. The van der Waals surface area contributed by atoms with Crippen LogP contribution in [0.1, 0.15) is 108 Å². The lowest BCUT2D eigenvalue weighted by atomic mass is 9.84. The SMILES string of the molecule is Cc1cc(C=NCC(C)(C)N=Cc2cc(C(C)(C)C)cc(CCCN3CCCN4CCCN=C43)c2O)c(O)c(C(C)(C)C)c1. The highest BCUT2D eigenvalue weighted by Gasteiger charge is 2.26. The van der Waals surface area contributed by atoms with E-state index >= 15 is 0 Å². The molecule has 2 N–H and O–H groups in total. The third-order valence-corrected chi connectivity index (χ3v) is 8.57. The van der Waals surface area contributed by atoms with Crippen LogP contribution in [0.15, 0.2) is 39.2 Å². The first-order chi connectivity index (χ1) is 20.5. The largest absolute Gasteiger partial charge is 0.507 e. The summed E-state index contributed by atoms with van der Waals surface area (Å²) in [5, 5.41) is 22.3. The molecule has 0 aromatic heterocycles. The van der Waals surface area contributed by atoms with Crippen LogP contribution >= 0.6 is 0 Å². The van der Waals surface area contributed by atoms with E-state index in [0.717, 1.165) is 79.8 Å². The number of guanidine groups is 1. The summed E-state index contributed by atoms with van der Waals surface area (Å²) in [4.78, 5) is 19.3. The minimum absolute atomic E-state index is 0.0588. The highest BCUT2D eigenvalue weighted by atomic mass is 16.3. The van der Waals surface area contributed by atoms with E-state index in [-0.39, 0.29) is 16.6 Å². The van der Waals surface area contributed by atoms with Crippen LogP contribution in [0, 0.1) is 6.92 Å². The summed E-state index contributed by atoms with van der Waals surface area (Å²) in [6.45, 7) is 24.6. The van der Waals surface area contributed by atoms with Crippen LogP contribution in [0.2, 0.25) is 0 Å². The third kappa shape index (κ3) is 8.42. The molecule has 2 aromatic carbocycles. The first kappa shape index (κ1) is 33.5. The Balaban J connectivity index is 1.48. The molecule has 7 nitrogen and oxygen atoms in total. The van der Waals surface area contributed by atoms with E-state index in [4.69, 9.17) is 9.98 Å². The highest BCUT2D eigenvalue weighted by Crippen LogP contribution is 2.34. The van der Waals surface area contributed by atoms with E-state index in [9.17, 15) is 10.2 Å². The number of phenols is 2. The van der Waals surface area contributed by atoms with Crippen molar-refractivity contribution in [3.8, 4) is 11.5 Å². The molecule has 1 saturated heterocycles. The Kier molecular flexibility index (Phi) is 10.2. The predicted molar refractivity (Wildman–Crippen MR) is 185 cm³/mol. The number of phenolic OH excluding ortho intramolecular Hbond substituents is 2. The van der Waals surface area contributed by atoms with Gasteiger partial charge >= 0.3 is 0 Å². The second kappa shape index (κ2) is 13.3. The summed E-state index contributed by atoms with van der Waals surface area (Å²) in [6, 6.07) is 8.24. The van der Waals surface area contributed by atoms with Crippen LogP contribution in [-0.4, -0.2) is 83.2 Å². The molecule has 2 aromatic rings. The van der Waals surface area contributed by atoms with E-state index in [1.54, 1.807) is 6.21 Å². The molecule has 0 radical (unpaired) electrons. The molecule has 44 heavy (non-hydrogen) atoms. The minimum Gasteiger partial charge on any atom is -0.507 e. The molecule has 2 aliphatic heterocycles. The molecule has 0 bridgehead atoms. The van der Waals surface area contributed by atoms with Gasteiger partial charge in [-0.25, -0.2) is 0 Å². The molecule has 0 spiro atoms. The molecule has 1 fully saturated rings. The number of hydrogen-bond donors (Lipinski definition) is 2. The van der Waals surface area contributed by atoms with Crippen molar-refractivity contribution in [3.63, 3.8) is 0 Å². The normalized spacial score (nSPS) is 16.6. The van der Waals surface area contributed by atoms with Crippen molar-refractivity contribution in [2.45, 2.75) is 104 Å². The van der Waals surface area contributed by atoms with Gasteiger partial charge in [0.1, 0.15) is 11.5 Å². The van der Waals surface area contributed by atoms with Gasteiger partial charge in [-0.15, -0.1) is 0 Å². The van der Waals surface area contributed by atoms with Crippen molar-refractivity contribution in [2.24, 2.45) is 15.0 Å². The minimum atomic E-state index is -0.492. The smallest absolute Gasteiger partial charge is 0.196 e. The molecule has 240 valence electrons. The molecular weight excluding hydrogens is 546 g/mol. The first-order valence-electron chi connectivity index (χ1n) is 16.3. The number of aryl methyl sites for hydroxylation is 2. The molecular formula is C37H55N5O2. The van der Waals surface area contributed by atoms with Crippen LogP contribution in [0.25, 0.3) is 0 Å². The average molecular weight is 602 g/mol. The van der Waals surface area contributed by atoms with Crippen LogP contribution in [0.5, 0.6) is 11.5 Å². The van der Waals surface area contributed by atoms with Crippen molar-refractivity contribution in [2.75, 3.05) is 39.3 Å². The van der Waals surface area contributed by atoms with E-state index in [1.807, 2.05) is 39.1 Å². The molecule has 0 atom stereocenters. The van der Waals surface area contributed by atoms with Crippen molar-refractivity contribution >= 4 is 18.4 Å². The lowest BCUT2D eigenvalue weighted by molar-refractivity contribution is 0.242. The Morgan fingerprint density at radius 1 is 0.841 bits per heavy atom. The Labute approximate surface area is 265 Å². The van der Waals surface area contributed by atoms with Gasteiger partial charge in [-0.3, -0.25) is 15.0 Å². The number of benzene rings is 2. The van der Waals surface area contributed by atoms with E-state index in [0.29, 0.717) is 12.3 Å². The maximum Gasteiger partial charge on any atom is 0.196 e. The zero-order valence-corrected chi connectivity index (χ0v) is 28.7. The van der Waals surface area contributed by atoms with Crippen LogP contribution < -0.4 is 0 Å². The van der Waals surface area contributed by atoms with Crippen molar-refractivity contribution in [3.05, 3.63) is 57.6 Å². The first-order valence-corrected chi connectivity index (χ1v) is 16.3. The third-order valence-electron chi connectivity index (χ3n) is 8.57. The standard InChI is InChI=1S/C37H55N5O2/c1-26-19-28(33(44)31(20-26)36(5,6)7)23-38-25-37(8,9)40-24-29-22-30(35(2,3)4)21-27(32(29)43)13-10-15-41-17-12-18-42-16-11-14-39-34(41)42/h19-24,43-44H,10-18,25H2,1-9H3. The Hall–Kier alpha value is -3.35. The maximum atomic E-state index is 11.4. The van der Waals surface area contributed by atoms with Gasteiger partial charge in [0.2, 0.25) is 0 Å². The molecule has 0 saturated carbocycles. The van der Waals surface area contributed by atoms with Crippen molar-refractivity contribution in [1.82, 2.24) is 9.80 Å². The zero-order valence-electron chi connectivity index (χ0n) is 28.7. The lowest BCUT2D eigenvalue weighted by Gasteiger charge is -2.41. The summed E-state index contributed by atoms with van der Waals surface area (Å²) in [5.74, 6) is 1.77. The van der Waals surface area contributed by atoms with E-state index < -0.39 is 5.54 Å². The van der Waals surface area contributed by atoms with Gasteiger partial charge in [-0.1, -0.05) is 53.7 Å². The second-order valence-corrected chi connectivity index (χ2v) is 15.3. The van der Waals surface area contributed by atoms with Gasteiger partial charge in [-0.05, 0) is 86.1 Å². The zero-order chi connectivity index (χ0) is 32.3. The van der Waals surface area contributed by atoms with Gasteiger partial charge in [0.25, 0.3) is 0 Å². The monoisotopic (exact) mass is 601 g/mol. The second-order valence-electron chi connectivity index (χ2n) is 15.3. The van der Waals surface area contributed by atoms with E-state index in [2.05, 4.69) is 68.5 Å². The number of fused-ring (bicyclic) bond motifs is 1. The molecule has 0 aliphatic carbocycles. The predicted octanol–water partition coefficient (Wildman–Crippen LogP) is 7.02. The number of aromatic hydroxyl groups is 2. The summed E-state index contributed by atoms with van der Waals surface area (Å²) < 4.78 is 0. The average Bonchev–Trinajstić information content (AvgIpc) is 2.93. The van der Waals surface area contributed by atoms with Crippen LogP contribution in [0.4, 0.5) is 0 Å². The number of hydrogen-bond acceptors (Lipinski definition) is 7. The molecule has 2 heterocycles. The van der Waals surface area contributed by atoms with Crippen LogP contribution in [0.3, 0.4) is 0 Å². The highest BCUT2D eigenvalue weighted by molar-refractivity contribution is 5.86.